The summed E-state index contributed by atoms with van der Waals surface area (Å²) in [6, 6.07) is 0.930. The van der Waals surface area contributed by atoms with E-state index in [1.807, 2.05) is 6.20 Å². The van der Waals surface area contributed by atoms with Gasteiger partial charge in [-0.15, -0.1) is 0 Å². The van der Waals surface area contributed by atoms with Crippen LogP contribution >= 0.6 is 0 Å². The monoisotopic (exact) mass is 364 g/mol. The van der Waals surface area contributed by atoms with Crippen LogP contribution in [-0.2, 0) is 13.1 Å². The molecule has 0 N–H and O–H groups in total. The van der Waals surface area contributed by atoms with E-state index in [2.05, 4.69) is 14.9 Å². The zero-order valence-corrected chi connectivity index (χ0v) is 14.5. The third-order valence-corrected chi connectivity index (χ3v) is 5.20. The molecule has 4 rings (SSSR count). The molecule has 2 fully saturated rings. The van der Waals surface area contributed by atoms with Crippen molar-refractivity contribution in [1.29, 1.82) is 0 Å². The third-order valence-electron chi connectivity index (χ3n) is 5.20. The summed E-state index contributed by atoms with van der Waals surface area (Å²) in [6.45, 7) is 3.05. The molecule has 6 nitrogen and oxygen atoms in total. The van der Waals surface area contributed by atoms with E-state index < -0.39 is 17.7 Å². The standard InChI is InChI=1S/C18H22F2N4O2/c19-18(20)14-7-17(25)24(11-22-14)9-12-3-5-23(6-4-12)10-16-21-8-15(26-16)13-1-2-13/h7-8,11-13,18H,1-6,9-10H2. The van der Waals surface area contributed by atoms with E-state index in [4.69, 9.17) is 4.42 Å². The highest BCUT2D eigenvalue weighted by molar-refractivity contribution is 5.08. The number of oxazole rings is 1. The lowest BCUT2D eigenvalue weighted by atomic mass is 9.96. The molecular weight excluding hydrogens is 342 g/mol. The maximum Gasteiger partial charge on any atom is 0.280 e. The lowest BCUT2D eigenvalue weighted by Crippen LogP contribution is -2.36. The number of rotatable bonds is 6. The van der Waals surface area contributed by atoms with Crippen molar-refractivity contribution in [2.24, 2.45) is 5.92 Å². The van der Waals surface area contributed by atoms with Crippen LogP contribution in [0.15, 0.2) is 27.8 Å². The van der Waals surface area contributed by atoms with E-state index in [0.29, 0.717) is 24.9 Å². The predicted octanol–water partition coefficient (Wildman–Crippen LogP) is 2.96. The van der Waals surface area contributed by atoms with Gasteiger partial charge in [0, 0.05) is 18.5 Å². The second kappa shape index (κ2) is 7.26. The molecule has 0 spiro atoms. The number of piperidine rings is 1. The van der Waals surface area contributed by atoms with Crippen molar-refractivity contribution in [3.05, 3.63) is 46.3 Å². The lowest BCUT2D eigenvalue weighted by Gasteiger charge is -2.31. The fourth-order valence-corrected chi connectivity index (χ4v) is 3.45. The summed E-state index contributed by atoms with van der Waals surface area (Å²) in [7, 11) is 0. The van der Waals surface area contributed by atoms with Crippen LogP contribution in [-0.4, -0.2) is 32.5 Å². The van der Waals surface area contributed by atoms with Crippen LogP contribution in [0.5, 0.6) is 0 Å². The van der Waals surface area contributed by atoms with Crippen molar-refractivity contribution in [2.45, 2.75) is 51.1 Å². The molecule has 1 aliphatic carbocycles. The highest BCUT2D eigenvalue weighted by Gasteiger charge is 2.28. The topological polar surface area (TPSA) is 64.2 Å². The molecule has 2 aliphatic rings. The van der Waals surface area contributed by atoms with Gasteiger partial charge in [0.2, 0.25) is 5.89 Å². The maximum atomic E-state index is 12.6. The molecule has 0 atom stereocenters. The number of likely N-dealkylation sites (tertiary alicyclic amines) is 1. The average molecular weight is 364 g/mol. The lowest BCUT2D eigenvalue weighted by molar-refractivity contribution is 0.144. The Bertz CT molecular complexity index is 808. The molecule has 3 heterocycles. The number of halogens is 2. The van der Waals surface area contributed by atoms with E-state index in [1.165, 1.54) is 23.7 Å². The quantitative estimate of drug-likeness (QED) is 0.789. The zero-order valence-electron chi connectivity index (χ0n) is 14.5. The second-order valence-electron chi connectivity index (χ2n) is 7.26. The van der Waals surface area contributed by atoms with Crippen molar-refractivity contribution < 1.29 is 13.2 Å². The molecular formula is C18H22F2N4O2. The van der Waals surface area contributed by atoms with Gasteiger partial charge in [-0.05, 0) is 44.7 Å². The van der Waals surface area contributed by atoms with Gasteiger partial charge in [-0.25, -0.2) is 18.7 Å². The van der Waals surface area contributed by atoms with Crippen LogP contribution < -0.4 is 5.56 Å². The summed E-state index contributed by atoms with van der Waals surface area (Å²) in [4.78, 5) is 22.3. The van der Waals surface area contributed by atoms with Crippen molar-refractivity contribution >= 4 is 0 Å². The summed E-state index contributed by atoms with van der Waals surface area (Å²) in [5, 5.41) is 0. The van der Waals surface area contributed by atoms with Gasteiger partial charge in [-0.2, -0.15) is 0 Å². The molecule has 1 saturated heterocycles. The molecule has 0 radical (unpaired) electrons. The van der Waals surface area contributed by atoms with Crippen LogP contribution in [0, 0.1) is 5.92 Å². The van der Waals surface area contributed by atoms with Crippen LogP contribution in [0.2, 0.25) is 0 Å². The van der Waals surface area contributed by atoms with Gasteiger partial charge in [-0.1, -0.05) is 0 Å². The highest BCUT2D eigenvalue weighted by atomic mass is 19.3. The molecule has 2 aromatic heterocycles. The molecule has 8 heteroatoms. The van der Waals surface area contributed by atoms with E-state index in [1.54, 1.807) is 0 Å². The first kappa shape index (κ1) is 17.3. The van der Waals surface area contributed by atoms with Gasteiger partial charge in [0.15, 0.2) is 0 Å². The molecule has 1 saturated carbocycles. The minimum atomic E-state index is -2.71. The fraction of sp³-hybridized carbons (Fsp3) is 0.611. The van der Waals surface area contributed by atoms with Crippen molar-refractivity contribution in [3.8, 4) is 0 Å². The number of nitrogens with zero attached hydrogens (tertiary/aromatic N) is 4. The van der Waals surface area contributed by atoms with Gasteiger partial charge in [-0.3, -0.25) is 14.3 Å². The average Bonchev–Trinajstić information content (AvgIpc) is 3.38. The smallest absolute Gasteiger partial charge is 0.280 e. The zero-order chi connectivity index (χ0) is 18.1. The van der Waals surface area contributed by atoms with E-state index in [9.17, 15) is 13.6 Å². The first-order chi connectivity index (χ1) is 12.6. The fourth-order valence-electron chi connectivity index (χ4n) is 3.45. The third kappa shape index (κ3) is 4.00. The highest BCUT2D eigenvalue weighted by Crippen LogP contribution is 2.40. The molecule has 0 aromatic carbocycles. The van der Waals surface area contributed by atoms with Gasteiger partial charge in [0.1, 0.15) is 11.5 Å². The number of alkyl halides is 2. The summed E-state index contributed by atoms with van der Waals surface area (Å²) in [5.74, 6) is 2.70. The molecule has 1 aliphatic heterocycles. The van der Waals surface area contributed by atoms with Gasteiger partial charge < -0.3 is 4.42 Å². The Morgan fingerprint density at radius 3 is 2.62 bits per heavy atom. The Labute approximate surface area is 149 Å². The predicted molar refractivity (Wildman–Crippen MR) is 89.9 cm³/mol. The largest absolute Gasteiger partial charge is 0.444 e. The summed E-state index contributed by atoms with van der Waals surface area (Å²) >= 11 is 0. The van der Waals surface area contributed by atoms with Gasteiger partial charge >= 0.3 is 0 Å². The van der Waals surface area contributed by atoms with Crippen LogP contribution in [0.1, 0.15) is 55.4 Å². The molecule has 0 bridgehead atoms. The van der Waals surface area contributed by atoms with Crippen molar-refractivity contribution in [2.75, 3.05) is 13.1 Å². The Morgan fingerprint density at radius 2 is 1.96 bits per heavy atom. The SMILES string of the molecule is O=c1cc(C(F)F)ncn1CC1CCN(Cc2ncc(C3CC3)o2)CC1. The minimum absolute atomic E-state index is 0.342. The van der Waals surface area contributed by atoms with Crippen LogP contribution in [0.25, 0.3) is 0 Å². The van der Waals surface area contributed by atoms with Crippen LogP contribution in [0.3, 0.4) is 0 Å². The summed E-state index contributed by atoms with van der Waals surface area (Å²) < 4.78 is 32.4. The molecule has 2 aromatic rings. The van der Waals surface area contributed by atoms with Crippen molar-refractivity contribution in [3.63, 3.8) is 0 Å². The van der Waals surface area contributed by atoms with Gasteiger partial charge in [0.25, 0.3) is 12.0 Å². The number of hydrogen-bond donors (Lipinski definition) is 0. The van der Waals surface area contributed by atoms with E-state index in [0.717, 1.165) is 43.6 Å². The number of aromatic nitrogens is 3. The van der Waals surface area contributed by atoms with E-state index in [-0.39, 0.29) is 0 Å². The Kier molecular flexibility index (Phi) is 4.84. The minimum Gasteiger partial charge on any atom is -0.444 e. The first-order valence-electron chi connectivity index (χ1n) is 9.10. The molecule has 140 valence electrons. The first-order valence-corrected chi connectivity index (χ1v) is 9.10. The Hall–Kier alpha value is -2.09. The molecule has 26 heavy (non-hydrogen) atoms. The molecule has 0 amide bonds. The summed E-state index contributed by atoms with van der Waals surface area (Å²) in [5.41, 5.74) is -0.872. The second-order valence-corrected chi connectivity index (χ2v) is 7.26. The molecule has 0 unspecified atom stereocenters. The summed E-state index contributed by atoms with van der Waals surface area (Å²) in [6.07, 6.45) is 4.67. The van der Waals surface area contributed by atoms with Crippen molar-refractivity contribution in [1.82, 2.24) is 19.4 Å². The maximum absolute atomic E-state index is 12.6. The normalized spacial score (nSPS) is 19.3. The number of hydrogen-bond acceptors (Lipinski definition) is 5. The van der Waals surface area contributed by atoms with Gasteiger partial charge in [0.05, 0.1) is 19.1 Å². The Morgan fingerprint density at radius 1 is 1.19 bits per heavy atom. The van der Waals surface area contributed by atoms with E-state index >= 15 is 0 Å². The van der Waals surface area contributed by atoms with Crippen LogP contribution in [0.4, 0.5) is 8.78 Å². The Balaban J connectivity index is 1.28.